The number of nitrogens with two attached hydrogens (primary N) is 1. The standard InChI is InChI=1S/C15H16N2O4.C15H18N2O2/c18-15-13-2-1-3-14(17(19)20)12(13)4-7-16(15)10-11-5-8-21-9-6-11;16-14-3-1-2-13-12(14)4-7-17(15(13)18)10-11-5-8-19-9-6-11/h1-4,7,11H,5-6,8-10H2;1-4,7,11H,5-6,8-10,16H2. The highest BCUT2D eigenvalue weighted by molar-refractivity contribution is 5.92. The van der Waals surface area contributed by atoms with Crippen molar-refractivity contribution in [3.05, 3.63) is 91.7 Å². The number of nitrogens with zero attached hydrogens (tertiary/aromatic N) is 3. The van der Waals surface area contributed by atoms with Crippen LogP contribution in [0.1, 0.15) is 25.7 Å². The van der Waals surface area contributed by atoms with Gasteiger partial charge in [0.05, 0.1) is 15.7 Å². The van der Waals surface area contributed by atoms with Crippen LogP contribution in [0.2, 0.25) is 0 Å². The van der Waals surface area contributed by atoms with Crippen molar-refractivity contribution in [2.45, 2.75) is 38.8 Å². The van der Waals surface area contributed by atoms with Gasteiger partial charge in [-0.15, -0.1) is 0 Å². The molecule has 40 heavy (non-hydrogen) atoms. The number of nitro benzene ring substituents is 1. The highest BCUT2D eigenvalue weighted by atomic mass is 16.6. The van der Waals surface area contributed by atoms with E-state index in [1.54, 1.807) is 33.5 Å². The second-order valence-electron chi connectivity index (χ2n) is 10.5. The predicted molar refractivity (Wildman–Crippen MR) is 155 cm³/mol. The molecule has 2 fully saturated rings. The SMILES string of the molecule is Nc1cccc2c(=O)n(CC3CCOCC3)ccc12.O=c1c2cccc([N+](=O)[O-])c2ccn1CC1CCOCC1. The number of nitro groups is 1. The summed E-state index contributed by atoms with van der Waals surface area (Å²) in [5.41, 5.74) is 6.42. The number of ether oxygens (including phenoxy) is 2. The van der Waals surface area contributed by atoms with Crippen LogP contribution >= 0.6 is 0 Å². The lowest BCUT2D eigenvalue weighted by Gasteiger charge is -2.22. The van der Waals surface area contributed by atoms with Crippen LogP contribution in [0.25, 0.3) is 21.5 Å². The molecule has 0 radical (unpaired) electrons. The van der Waals surface area contributed by atoms with Gasteiger partial charge in [0, 0.05) is 74.4 Å². The second kappa shape index (κ2) is 12.4. The maximum absolute atomic E-state index is 12.5. The monoisotopic (exact) mass is 546 g/mol. The smallest absolute Gasteiger partial charge is 0.277 e. The molecule has 4 aromatic rings. The summed E-state index contributed by atoms with van der Waals surface area (Å²) in [6, 6.07) is 13.7. The Labute approximate surface area is 231 Å². The van der Waals surface area contributed by atoms with Gasteiger partial charge in [-0.25, -0.2) is 0 Å². The van der Waals surface area contributed by atoms with Crippen molar-refractivity contribution in [1.82, 2.24) is 9.13 Å². The molecule has 0 spiro atoms. The zero-order valence-corrected chi connectivity index (χ0v) is 22.4. The topological polar surface area (TPSA) is 132 Å². The molecule has 2 N–H and O–H groups in total. The van der Waals surface area contributed by atoms with Crippen molar-refractivity contribution in [3.63, 3.8) is 0 Å². The van der Waals surface area contributed by atoms with E-state index in [2.05, 4.69) is 0 Å². The molecular formula is C30H34N4O6. The first-order valence-electron chi connectivity index (χ1n) is 13.7. The summed E-state index contributed by atoms with van der Waals surface area (Å²) < 4.78 is 14.1. The fraction of sp³-hybridized carbons (Fsp3) is 0.400. The van der Waals surface area contributed by atoms with E-state index in [4.69, 9.17) is 15.2 Å². The molecule has 0 saturated carbocycles. The molecule has 0 bridgehead atoms. The highest BCUT2D eigenvalue weighted by Gasteiger charge is 2.18. The van der Waals surface area contributed by atoms with Crippen LogP contribution in [0.4, 0.5) is 11.4 Å². The third-order valence-electron chi connectivity index (χ3n) is 7.84. The summed E-state index contributed by atoms with van der Waals surface area (Å²) in [7, 11) is 0. The summed E-state index contributed by atoms with van der Waals surface area (Å²) in [6.07, 6.45) is 7.46. The summed E-state index contributed by atoms with van der Waals surface area (Å²) in [5.74, 6) is 0.956. The molecule has 0 unspecified atom stereocenters. The molecule has 0 amide bonds. The number of nitrogen functional groups attached to an aromatic ring is 1. The van der Waals surface area contributed by atoms with Gasteiger partial charge in [-0.1, -0.05) is 12.1 Å². The Morgan fingerprint density at radius 3 is 1.73 bits per heavy atom. The summed E-state index contributed by atoms with van der Waals surface area (Å²) in [5, 5.41) is 13.4. The van der Waals surface area contributed by atoms with Crippen LogP contribution < -0.4 is 16.9 Å². The third-order valence-corrected chi connectivity index (χ3v) is 7.84. The van der Waals surface area contributed by atoms with Gasteiger partial charge in [-0.3, -0.25) is 19.7 Å². The van der Waals surface area contributed by atoms with Crippen molar-refractivity contribution in [3.8, 4) is 0 Å². The van der Waals surface area contributed by atoms with Gasteiger partial charge in [0.15, 0.2) is 0 Å². The van der Waals surface area contributed by atoms with E-state index in [1.807, 2.05) is 30.5 Å². The Balaban J connectivity index is 0.000000162. The molecule has 6 rings (SSSR count). The molecule has 2 aliphatic heterocycles. The molecule has 0 atom stereocenters. The fourth-order valence-corrected chi connectivity index (χ4v) is 5.51. The fourth-order valence-electron chi connectivity index (χ4n) is 5.51. The van der Waals surface area contributed by atoms with Crippen molar-refractivity contribution in [2.75, 3.05) is 32.2 Å². The quantitative estimate of drug-likeness (QED) is 0.224. The van der Waals surface area contributed by atoms with Crippen molar-refractivity contribution in [2.24, 2.45) is 11.8 Å². The van der Waals surface area contributed by atoms with Crippen LogP contribution in [0.15, 0.2) is 70.5 Å². The van der Waals surface area contributed by atoms with Gasteiger partial charge in [0.1, 0.15) is 0 Å². The minimum Gasteiger partial charge on any atom is -0.398 e. The molecule has 2 aromatic carbocycles. The van der Waals surface area contributed by atoms with Crippen LogP contribution in [-0.2, 0) is 22.6 Å². The van der Waals surface area contributed by atoms with E-state index >= 15 is 0 Å². The van der Waals surface area contributed by atoms with E-state index in [-0.39, 0.29) is 16.8 Å². The normalized spacial score (nSPS) is 16.5. The predicted octanol–water partition coefficient (Wildman–Crippen LogP) is 4.35. The Bertz CT molecular complexity index is 1620. The Hall–Kier alpha value is -4.02. The molecule has 2 saturated heterocycles. The van der Waals surface area contributed by atoms with Gasteiger partial charge < -0.3 is 24.3 Å². The minimum atomic E-state index is -0.454. The second-order valence-corrected chi connectivity index (χ2v) is 10.5. The number of fused-ring (bicyclic) bond motifs is 2. The average molecular weight is 547 g/mol. The lowest BCUT2D eigenvalue weighted by molar-refractivity contribution is -0.383. The Morgan fingerprint density at radius 2 is 1.20 bits per heavy atom. The van der Waals surface area contributed by atoms with Gasteiger partial charge in [-0.05, 0) is 67.9 Å². The van der Waals surface area contributed by atoms with Crippen LogP contribution in [0, 0.1) is 22.0 Å². The van der Waals surface area contributed by atoms with Crippen molar-refractivity contribution in [1.29, 1.82) is 0 Å². The minimum absolute atomic E-state index is 0.0252. The first kappa shape index (κ1) is 27.5. The maximum atomic E-state index is 12.5. The van der Waals surface area contributed by atoms with Gasteiger partial charge in [-0.2, -0.15) is 0 Å². The molecular weight excluding hydrogens is 512 g/mol. The lowest BCUT2D eigenvalue weighted by atomic mass is 10.00. The number of benzene rings is 2. The summed E-state index contributed by atoms with van der Waals surface area (Å²) in [6.45, 7) is 4.49. The molecule has 2 aromatic heterocycles. The lowest BCUT2D eigenvalue weighted by Crippen LogP contribution is -2.27. The van der Waals surface area contributed by atoms with E-state index in [0.717, 1.165) is 64.0 Å². The highest BCUT2D eigenvalue weighted by Crippen LogP contribution is 2.24. The van der Waals surface area contributed by atoms with Crippen molar-refractivity contribution >= 4 is 32.9 Å². The van der Waals surface area contributed by atoms with Crippen LogP contribution in [-0.4, -0.2) is 40.5 Å². The molecule has 0 aliphatic carbocycles. The van der Waals surface area contributed by atoms with Gasteiger partial charge >= 0.3 is 0 Å². The number of non-ortho nitro benzene ring substituents is 1. The molecule has 10 nitrogen and oxygen atoms in total. The van der Waals surface area contributed by atoms with E-state index in [9.17, 15) is 19.7 Å². The van der Waals surface area contributed by atoms with Crippen molar-refractivity contribution < 1.29 is 14.4 Å². The number of hydrogen-bond donors (Lipinski definition) is 1. The number of anilines is 1. The molecule has 2 aliphatic rings. The first-order chi connectivity index (χ1) is 19.4. The molecule has 4 heterocycles. The zero-order valence-electron chi connectivity index (χ0n) is 22.4. The van der Waals surface area contributed by atoms with E-state index < -0.39 is 4.92 Å². The summed E-state index contributed by atoms with van der Waals surface area (Å²) in [4.78, 5) is 35.5. The number of rotatable bonds is 5. The largest absolute Gasteiger partial charge is 0.398 e. The van der Waals surface area contributed by atoms with Gasteiger partial charge in [0.2, 0.25) is 0 Å². The van der Waals surface area contributed by atoms with Gasteiger partial charge in [0.25, 0.3) is 16.8 Å². The Morgan fingerprint density at radius 1 is 0.725 bits per heavy atom. The molecule has 210 valence electrons. The first-order valence-corrected chi connectivity index (χ1v) is 13.7. The zero-order chi connectivity index (χ0) is 28.1. The number of pyridine rings is 2. The third kappa shape index (κ3) is 6.08. The molecule has 10 heteroatoms. The van der Waals surface area contributed by atoms with E-state index in [0.29, 0.717) is 40.2 Å². The number of hydrogen-bond acceptors (Lipinski definition) is 7. The maximum Gasteiger partial charge on any atom is 0.277 e. The average Bonchev–Trinajstić information content (AvgIpc) is 2.97. The van der Waals surface area contributed by atoms with Crippen LogP contribution in [0.5, 0.6) is 0 Å². The van der Waals surface area contributed by atoms with E-state index in [1.165, 1.54) is 6.07 Å². The summed E-state index contributed by atoms with van der Waals surface area (Å²) >= 11 is 0. The van der Waals surface area contributed by atoms with Crippen LogP contribution in [0.3, 0.4) is 0 Å². The Kier molecular flexibility index (Phi) is 8.57. The number of aromatic nitrogens is 2.